The van der Waals surface area contributed by atoms with E-state index in [1.54, 1.807) is 0 Å². The monoisotopic (exact) mass is 440 g/mol. The van der Waals surface area contributed by atoms with Gasteiger partial charge in [0.25, 0.3) is 0 Å². The zero-order valence-electron chi connectivity index (χ0n) is 20.4. The van der Waals surface area contributed by atoms with Crippen LogP contribution in [0.2, 0.25) is 0 Å². The number of H-pyrrole nitrogens is 1. The number of aromatic amines is 1. The Balaban J connectivity index is 0.000000307. The molecule has 5 nitrogen and oxygen atoms in total. The van der Waals surface area contributed by atoms with Crippen LogP contribution in [0, 0.1) is 6.92 Å². The Morgan fingerprint density at radius 1 is 0.938 bits per heavy atom. The molecule has 1 aliphatic rings. The van der Waals surface area contributed by atoms with Crippen molar-refractivity contribution in [1.29, 1.82) is 0 Å². The fourth-order valence-corrected chi connectivity index (χ4v) is 3.30. The fourth-order valence-electron chi connectivity index (χ4n) is 3.30. The molecule has 176 valence electrons. The maximum Gasteiger partial charge on any atom is 0.247 e. The van der Waals surface area contributed by atoms with E-state index < -0.39 is 0 Å². The normalized spacial score (nSPS) is 13.3. The molecule has 1 aromatic heterocycles. The zero-order chi connectivity index (χ0) is 23.9. The van der Waals surface area contributed by atoms with Crippen molar-refractivity contribution in [2.75, 3.05) is 13.1 Å². The van der Waals surface area contributed by atoms with Gasteiger partial charge in [-0.1, -0.05) is 63.4 Å². The van der Waals surface area contributed by atoms with Crippen LogP contribution in [0.25, 0.3) is 0 Å². The molecular weight excluding hydrogens is 400 g/mol. The first-order chi connectivity index (χ1) is 15.3. The van der Waals surface area contributed by atoms with E-state index in [0.717, 1.165) is 32.4 Å². The number of aromatic nitrogens is 1. The number of likely N-dealkylation sites (tertiary alicyclic amines) is 1. The summed E-state index contributed by atoms with van der Waals surface area (Å²) in [6, 6.07) is 11.7. The number of pyridine rings is 1. The van der Waals surface area contributed by atoms with Crippen molar-refractivity contribution in [3.8, 4) is 0 Å². The Morgan fingerprint density at radius 2 is 1.53 bits per heavy atom. The van der Waals surface area contributed by atoms with Crippen LogP contribution >= 0.6 is 0 Å². The van der Waals surface area contributed by atoms with Crippen LogP contribution in [-0.4, -0.2) is 34.7 Å². The van der Waals surface area contributed by atoms with Crippen molar-refractivity contribution in [3.63, 3.8) is 0 Å². The predicted molar refractivity (Wildman–Crippen MR) is 132 cm³/mol. The summed E-state index contributed by atoms with van der Waals surface area (Å²) in [5.74, 6) is 0.924. The molecule has 1 amide bonds. The molecule has 1 aromatic carbocycles. The van der Waals surface area contributed by atoms with Crippen molar-refractivity contribution in [1.82, 2.24) is 9.88 Å². The van der Waals surface area contributed by atoms with E-state index >= 15 is 0 Å². The zero-order valence-corrected chi connectivity index (χ0v) is 20.4. The Labute approximate surface area is 193 Å². The number of unbranched alkanes of at least 4 members (excludes halogenated alkanes) is 1. The Hall–Kier alpha value is -2.69. The number of benzene rings is 1. The molecule has 1 N–H and O–H groups in total. The van der Waals surface area contributed by atoms with Crippen LogP contribution in [0.4, 0.5) is 0 Å². The summed E-state index contributed by atoms with van der Waals surface area (Å²) in [4.78, 5) is 37.4. The van der Waals surface area contributed by atoms with Gasteiger partial charge in [-0.25, -0.2) is 0 Å². The second-order valence-corrected chi connectivity index (χ2v) is 8.31. The molecule has 0 atom stereocenters. The first kappa shape index (κ1) is 27.3. The van der Waals surface area contributed by atoms with E-state index in [1.807, 2.05) is 4.90 Å². The number of ketones is 1. The summed E-state index contributed by atoms with van der Waals surface area (Å²) in [7, 11) is 0. The number of piperidine rings is 1. The second-order valence-electron chi connectivity index (χ2n) is 8.31. The molecule has 32 heavy (non-hydrogen) atoms. The summed E-state index contributed by atoms with van der Waals surface area (Å²) in [5, 5.41) is 0. The smallest absolute Gasteiger partial charge is 0.247 e. The van der Waals surface area contributed by atoms with Crippen LogP contribution in [0.1, 0.15) is 93.6 Å². The topological polar surface area (TPSA) is 70.2 Å². The maximum absolute atomic E-state index is 11.8. The number of aryl methyl sites for hydroxylation is 1. The van der Waals surface area contributed by atoms with Gasteiger partial charge in [-0.2, -0.15) is 0 Å². The number of hydrogen-bond donors (Lipinski definition) is 1. The number of rotatable bonds is 5. The Kier molecular flexibility index (Phi) is 13.0. The molecule has 2 heterocycles. The number of carbonyl (C=O) groups is 2. The Morgan fingerprint density at radius 3 is 1.97 bits per heavy atom. The van der Waals surface area contributed by atoms with E-state index in [0.29, 0.717) is 23.8 Å². The summed E-state index contributed by atoms with van der Waals surface area (Å²) in [6.07, 6.45) is 7.92. The number of carbonyl (C=O) groups excluding carboxylic acids is 2. The quantitative estimate of drug-likeness (QED) is 0.590. The van der Waals surface area contributed by atoms with E-state index in [2.05, 4.69) is 56.9 Å². The molecule has 0 spiro atoms. The van der Waals surface area contributed by atoms with E-state index in [-0.39, 0.29) is 11.3 Å². The highest BCUT2D eigenvalue weighted by Gasteiger charge is 2.22. The van der Waals surface area contributed by atoms with Crippen molar-refractivity contribution in [3.05, 3.63) is 69.6 Å². The predicted octanol–water partition coefficient (Wildman–Crippen LogP) is 5.89. The van der Waals surface area contributed by atoms with Gasteiger partial charge < -0.3 is 9.88 Å². The van der Waals surface area contributed by atoms with Gasteiger partial charge in [-0.05, 0) is 50.7 Å². The minimum atomic E-state index is -0.190. The minimum absolute atomic E-state index is 0.0451. The molecule has 5 heteroatoms. The highest BCUT2D eigenvalue weighted by molar-refractivity contribution is 5.93. The molecular formula is C27H40N2O3. The van der Waals surface area contributed by atoms with Gasteiger partial charge in [0.05, 0.1) is 0 Å². The molecule has 0 unspecified atom stereocenters. The third-order valence-corrected chi connectivity index (χ3v) is 5.55. The summed E-state index contributed by atoms with van der Waals surface area (Å²) in [5.41, 5.74) is 3.09. The average Bonchev–Trinajstić information content (AvgIpc) is 2.81. The number of hydrogen-bond acceptors (Lipinski definition) is 3. The lowest BCUT2D eigenvalue weighted by molar-refractivity contribution is -0.132. The molecule has 0 radical (unpaired) electrons. The molecule has 1 fully saturated rings. The van der Waals surface area contributed by atoms with E-state index in [9.17, 15) is 14.4 Å². The number of Topliss-reactive ketones (excluding diaryl/α,β-unsaturated/α-hetero) is 1. The third kappa shape index (κ3) is 10.1. The van der Waals surface area contributed by atoms with Gasteiger partial charge in [-0.15, -0.1) is 0 Å². The molecule has 0 saturated carbocycles. The third-order valence-electron chi connectivity index (χ3n) is 5.55. The molecule has 2 aromatic rings. The average molecular weight is 441 g/mol. The summed E-state index contributed by atoms with van der Waals surface area (Å²) in [6.45, 7) is 11.9. The van der Waals surface area contributed by atoms with Crippen LogP contribution in [0.3, 0.4) is 0 Å². The van der Waals surface area contributed by atoms with Gasteiger partial charge in [-0.3, -0.25) is 14.4 Å². The van der Waals surface area contributed by atoms with Crippen LogP contribution in [0.5, 0.6) is 0 Å². The van der Waals surface area contributed by atoms with Gasteiger partial charge in [0.15, 0.2) is 5.78 Å². The van der Waals surface area contributed by atoms with Crippen molar-refractivity contribution in [2.24, 2.45) is 0 Å². The first-order valence-electron chi connectivity index (χ1n) is 11.9. The van der Waals surface area contributed by atoms with Gasteiger partial charge >= 0.3 is 0 Å². The molecule has 3 rings (SSSR count). The van der Waals surface area contributed by atoms with Crippen LogP contribution < -0.4 is 5.56 Å². The minimum Gasteiger partial charge on any atom is -0.343 e. The fraction of sp³-hybridized carbons (Fsp3) is 0.519. The van der Waals surface area contributed by atoms with Crippen molar-refractivity contribution < 1.29 is 9.59 Å². The number of nitrogens with zero attached hydrogens (tertiary/aromatic N) is 1. The first-order valence-corrected chi connectivity index (χ1v) is 11.9. The van der Waals surface area contributed by atoms with Crippen molar-refractivity contribution >= 4 is 11.7 Å². The van der Waals surface area contributed by atoms with Gasteiger partial charge in [0.1, 0.15) is 0 Å². The molecule has 1 aliphatic heterocycles. The number of nitrogens with one attached hydrogen (secondary N) is 1. The lowest BCUT2D eigenvalue weighted by Gasteiger charge is -2.32. The van der Waals surface area contributed by atoms with Crippen molar-refractivity contribution in [2.45, 2.75) is 79.1 Å². The van der Waals surface area contributed by atoms with E-state index in [1.165, 1.54) is 49.2 Å². The standard InChI is InChI=1S/C16H23NO.C7H7NO2.C4H10/c1-3-4-16(18)17-11-9-15(10-12-17)14-7-5-13(2)6-8-14;1-5(9)6-2-3-7(10)8-4-6;1-3-4-2/h5-8,15H,3-4,9-12H2,1-2H3;2-4H,1H3,(H,8,10);3-4H2,1-2H3. The van der Waals surface area contributed by atoms with Gasteiger partial charge in [0.2, 0.25) is 11.5 Å². The molecule has 0 bridgehead atoms. The molecule has 1 saturated heterocycles. The SMILES string of the molecule is CC(=O)c1ccc(=O)[nH]c1.CCCC.CCCC(=O)N1CCC(c2ccc(C)cc2)CC1. The van der Waals surface area contributed by atoms with Gasteiger partial charge in [0, 0.05) is 37.3 Å². The highest BCUT2D eigenvalue weighted by atomic mass is 16.2. The summed E-state index contributed by atoms with van der Waals surface area (Å²) < 4.78 is 0. The maximum atomic E-state index is 11.8. The summed E-state index contributed by atoms with van der Waals surface area (Å²) >= 11 is 0. The lowest BCUT2D eigenvalue weighted by Crippen LogP contribution is -2.37. The Bertz CT molecular complexity index is 841. The largest absolute Gasteiger partial charge is 0.343 e. The lowest BCUT2D eigenvalue weighted by atomic mass is 9.89. The molecule has 0 aliphatic carbocycles. The van der Waals surface area contributed by atoms with E-state index in [4.69, 9.17) is 0 Å². The second kappa shape index (κ2) is 15.2. The number of amides is 1. The highest BCUT2D eigenvalue weighted by Crippen LogP contribution is 2.28. The van der Waals surface area contributed by atoms with Crippen LogP contribution in [0.15, 0.2) is 47.4 Å². The van der Waals surface area contributed by atoms with Crippen LogP contribution in [-0.2, 0) is 4.79 Å².